The molecule has 0 saturated carbocycles. The van der Waals surface area contributed by atoms with Crippen LogP contribution in [0.4, 0.5) is 0 Å². The molecule has 1 unspecified atom stereocenters. The molecule has 1 aliphatic rings. The molecule has 2 N–H and O–H groups in total. The van der Waals surface area contributed by atoms with Crippen molar-refractivity contribution in [2.24, 2.45) is 10.9 Å². The van der Waals surface area contributed by atoms with Crippen molar-refractivity contribution in [2.75, 3.05) is 19.6 Å². The Kier molecular flexibility index (Phi) is 13.0. The van der Waals surface area contributed by atoms with Crippen LogP contribution in [-0.4, -0.2) is 36.4 Å². The molecule has 164 valence electrons. The summed E-state index contributed by atoms with van der Waals surface area (Å²) in [6.45, 7) is 10.6. The summed E-state index contributed by atoms with van der Waals surface area (Å²) in [6, 6.07) is 8.35. The smallest absolute Gasteiger partial charge is 0.222 e. The zero-order chi connectivity index (χ0) is 20.2. The highest BCUT2D eigenvalue weighted by Gasteiger charge is 2.20. The molecule has 0 radical (unpaired) electrons. The lowest BCUT2D eigenvalue weighted by Crippen LogP contribution is -2.39. The Morgan fingerprint density at radius 3 is 2.55 bits per heavy atom. The lowest BCUT2D eigenvalue weighted by molar-refractivity contribution is -0.128. The van der Waals surface area contributed by atoms with Crippen LogP contribution in [0.15, 0.2) is 29.3 Å². The van der Waals surface area contributed by atoms with Crippen molar-refractivity contribution in [3.63, 3.8) is 0 Å². The summed E-state index contributed by atoms with van der Waals surface area (Å²) in [6.07, 6.45) is 6.67. The van der Waals surface area contributed by atoms with Crippen LogP contribution in [0.5, 0.6) is 0 Å². The van der Waals surface area contributed by atoms with Gasteiger partial charge in [-0.25, -0.2) is 4.99 Å². The summed E-state index contributed by atoms with van der Waals surface area (Å²) in [5.74, 6) is 1.84. The Balaban J connectivity index is 0.00000420. The number of carbonyl (C=O) groups excluding carboxylic acids is 1. The van der Waals surface area contributed by atoms with Crippen LogP contribution in [-0.2, 0) is 17.9 Å². The number of guanidine groups is 1. The molecule has 1 aromatic carbocycles. The van der Waals surface area contributed by atoms with Crippen LogP contribution in [0, 0.1) is 5.92 Å². The van der Waals surface area contributed by atoms with E-state index in [0.717, 1.165) is 32.0 Å². The van der Waals surface area contributed by atoms with Crippen LogP contribution >= 0.6 is 24.0 Å². The van der Waals surface area contributed by atoms with E-state index in [0.29, 0.717) is 25.4 Å². The van der Waals surface area contributed by atoms with E-state index in [2.05, 4.69) is 49.6 Å². The number of rotatable bonds is 11. The predicted molar refractivity (Wildman–Crippen MR) is 133 cm³/mol. The third-order valence-electron chi connectivity index (χ3n) is 5.50. The zero-order valence-electron chi connectivity index (χ0n) is 18.4. The number of halogens is 1. The number of benzene rings is 1. The van der Waals surface area contributed by atoms with Gasteiger partial charge in [0.1, 0.15) is 0 Å². The standard InChI is InChI=1S/C23H38N4O.HI/c1-4-7-11-19(5-2)16-25-23(24-6-3)26-17-20-12-8-9-13-21(20)18-27-15-10-14-22(27)28;/h8-9,12-13,19H,4-7,10-11,14-18H2,1-3H3,(H2,24,25,26);1H. The minimum atomic E-state index is 0. The highest BCUT2D eigenvalue weighted by molar-refractivity contribution is 14.0. The van der Waals surface area contributed by atoms with E-state index in [1.165, 1.54) is 36.8 Å². The normalized spacial score (nSPS) is 15.2. The molecule has 1 aromatic rings. The Labute approximate surface area is 194 Å². The average molecular weight is 514 g/mol. The van der Waals surface area contributed by atoms with Gasteiger partial charge in [0.2, 0.25) is 5.91 Å². The number of amides is 1. The monoisotopic (exact) mass is 514 g/mol. The first-order valence-corrected chi connectivity index (χ1v) is 11.0. The Morgan fingerprint density at radius 1 is 1.17 bits per heavy atom. The van der Waals surface area contributed by atoms with Gasteiger partial charge in [-0.05, 0) is 36.8 Å². The van der Waals surface area contributed by atoms with Gasteiger partial charge in [0.05, 0.1) is 6.54 Å². The van der Waals surface area contributed by atoms with Crippen molar-refractivity contribution < 1.29 is 4.79 Å². The van der Waals surface area contributed by atoms with Gasteiger partial charge in [-0.2, -0.15) is 0 Å². The van der Waals surface area contributed by atoms with Crippen LogP contribution in [0.1, 0.15) is 70.4 Å². The van der Waals surface area contributed by atoms with E-state index < -0.39 is 0 Å². The van der Waals surface area contributed by atoms with Gasteiger partial charge >= 0.3 is 0 Å². The van der Waals surface area contributed by atoms with Crippen molar-refractivity contribution in [3.8, 4) is 0 Å². The van der Waals surface area contributed by atoms with Gasteiger partial charge in [0, 0.05) is 32.6 Å². The number of hydrogen-bond donors (Lipinski definition) is 2. The fourth-order valence-electron chi connectivity index (χ4n) is 3.63. The maximum Gasteiger partial charge on any atom is 0.222 e. The van der Waals surface area contributed by atoms with Crippen molar-refractivity contribution in [2.45, 2.75) is 72.4 Å². The molecule has 1 amide bonds. The van der Waals surface area contributed by atoms with E-state index in [9.17, 15) is 4.79 Å². The molecule has 1 saturated heterocycles. The number of aliphatic imine (C=N–C) groups is 1. The first-order chi connectivity index (χ1) is 13.7. The zero-order valence-corrected chi connectivity index (χ0v) is 20.7. The van der Waals surface area contributed by atoms with Crippen LogP contribution in [0.2, 0.25) is 0 Å². The molecule has 29 heavy (non-hydrogen) atoms. The van der Waals surface area contributed by atoms with Crippen LogP contribution in [0.25, 0.3) is 0 Å². The summed E-state index contributed by atoms with van der Waals surface area (Å²) < 4.78 is 0. The fourth-order valence-corrected chi connectivity index (χ4v) is 3.63. The summed E-state index contributed by atoms with van der Waals surface area (Å²) in [7, 11) is 0. The largest absolute Gasteiger partial charge is 0.357 e. The van der Waals surface area contributed by atoms with Crippen molar-refractivity contribution in [3.05, 3.63) is 35.4 Å². The van der Waals surface area contributed by atoms with Crippen molar-refractivity contribution in [1.29, 1.82) is 0 Å². The van der Waals surface area contributed by atoms with Gasteiger partial charge in [0.25, 0.3) is 0 Å². The fraction of sp³-hybridized carbons (Fsp3) is 0.652. The lowest BCUT2D eigenvalue weighted by Gasteiger charge is -2.19. The van der Waals surface area contributed by atoms with E-state index in [1.54, 1.807) is 0 Å². The number of nitrogens with zero attached hydrogens (tertiary/aromatic N) is 2. The number of hydrogen-bond acceptors (Lipinski definition) is 2. The quantitative estimate of drug-likeness (QED) is 0.256. The predicted octanol–water partition coefficient (Wildman–Crippen LogP) is 4.70. The van der Waals surface area contributed by atoms with Gasteiger partial charge in [-0.1, -0.05) is 57.4 Å². The molecule has 1 fully saturated rings. The van der Waals surface area contributed by atoms with Gasteiger partial charge in [0.15, 0.2) is 5.96 Å². The SMILES string of the molecule is CCCCC(CC)CNC(=NCc1ccccc1CN1CCCC1=O)NCC.I. The summed E-state index contributed by atoms with van der Waals surface area (Å²) in [5.41, 5.74) is 2.39. The summed E-state index contributed by atoms with van der Waals surface area (Å²) in [5, 5.41) is 6.89. The van der Waals surface area contributed by atoms with Crippen molar-refractivity contribution >= 4 is 35.8 Å². The van der Waals surface area contributed by atoms with Gasteiger partial charge < -0.3 is 15.5 Å². The van der Waals surface area contributed by atoms with E-state index >= 15 is 0 Å². The molecule has 0 aromatic heterocycles. The Morgan fingerprint density at radius 2 is 1.93 bits per heavy atom. The molecule has 1 heterocycles. The van der Waals surface area contributed by atoms with Crippen LogP contribution < -0.4 is 10.6 Å². The first kappa shape index (κ1) is 25.7. The molecule has 0 spiro atoms. The summed E-state index contributed by atoms with van der Waals surface area (Å²) in [4.78, 5) is 18.8. The lowest BCUT2D eigenvalue weighted by atomic mass is 9.99. The molecule has 0 aliphatic carbocycles. The highest BCUT2D eigenvalue weighted by Crippen LogP contribution is 2.18. The van der Waals surface area contributed by atoms with Gasteiger partial charge in [-0.15, -0.1) is 24.0 Å². The Bertz CT molecular complexity index is 635. The van der Waals surface area contributed by atoms with Crippen LogP contribution in [0.3, 0.4) is 0 Å². The Hall–Kier alpha value is -1.31. The molecule has 2 rings (SSSR count). The molecular formula is C23H39IN4O. The molecule has 5 nitrogen and oxygen atoms in total. The number of carbonyl (C=O) groups is 1. The van der Waals surface area contributed by atoms with Gasteiger partial charge in [-0.3, -0.25) is 4.79 Å². The minimum Gasteiger partial charge on any atom is -0.357 e. The molecule has 0 bridgehead atoms. The number of nitrogens with one attached hydrogen (secondary N) is 2. The second-order valence-electron chi connectivity index (χ2n) is 7.68. The molecule has 1 atom stereocenters. The minimum absolute atomic E-state index is 0. The first-order valence-electron chi connectivity index (χ1n) is 11.0. The third kappa shape index (κ3) is 8.93. The average Bonchev–Trinajstić information content (AvgIpc) is 3.11. The van der Waals surface area contributed by atoms with E-state index in [1.807, 2.05) is 11.0 Å². The molecule has 6 heteroatoms. The maximum atomic E-state index is 12.0. The van der Waals surface area contributed by atoms with E-state index in [-0.39, 0.29) is 29.9 Å². The number of likely N-dealkylation sites (tertiary alicyclic amines) is 1. The maximum absolute atomic E-state index is 12.0. The third-order valence-corrected chi connectivity index (χ3v) is 5.50. The second kappa shape index (κ2) is 14.6. The van der Waals surface area contributed by atoms with Crippen molar-refractivity contribution in [1.82, 2.24) is 15.5 Å². The number of unbranched alkanes of at least 4 members (excludes halogenated alkanes) is 1. The van der Waals surface area contributed by atoms with E-state index in [4.69, 9.17) is 4.99 Å². The summed E-state index contributed by atoms with van der Waals surface area (Å²) >= 11 is 0. The molecular weight excluding hydrogens is 475 g/mol. The molecule has 1 aliphatic heterocycles. The highest BCUT2D eigenvalue weighted by atomic mass is 127. The second-order valence-corrected chi connectivity index (χ2v) is 7.68. The topological polar surface area (TPSA) is 56.7 Å².